The molecule has 21 heavy (non-hydrogen) atoms. The Labute approximate surface area is 128 Å². The predicted octanol–water partition coefficient (Wildman–Crippen LogP) is 2.53. The number of hydrogen-bond donors (Lipinski definition) is 2. The summed E-state index contributed by atoms with van der Waals surface area (Å²) in [5.74, 6) is 0.136. The van der Waals surface area contributed by atoms with Crippen LogP contribution in [0.2, 0.25) is 5.02 Å². The zero-order valence-electron chi connectivity index (χ0n) is 11.9. The summed E-state index contributed by atoms with van der Waals surface area (Å²) in [4.78, 5) is 25.7. The minimum absolute atomic E-state index is 0.123. The number of nitrogens with one attached hydrogen (secondary N) is 2. The molecule has 1 heterocycles. The molecular formula is C15H18ClN3O2. The third-order valence-corrected chi connectivity index (χ3v) is 4.42. The third-order valence-electron chi connectivity index (χ3n) is 3.92. The summed E-state index contributed by atoms with van der Waals surface area (Å²) in [5, 5.41) is 6.12. The number of aryl methyl sites for hydroxylation is 1. The SMILES string of the molecule is Cc1cccc(NC(=O)NC2CC(=O)N(C3CC3)C2)c1Cl. The molecule has 2 N–H and O–H groups in total. The van der Waals surface area contributed by atoms with E-state index in [2.05, 4.69) is 10.6 Å². The number of anilines is 1. The van der Waals surface area contributed by atoms with Crippen LogP contribution >= 0.6 is 11.6 Å². The first-order chi connectivity index (χ1) is 10.0. The molecule has 1 aromatic rings. The minimum atomic E-state index is -0.321. The van der Waals surface area contributed by atoms with E-state index in [0.717, 1.165) is 18.4 Å². The maximum atomic E-state index is 12.0. The summed E-state index contributed by atoms with van der Waals surface area (Å²) < 4.78 is 0. The fourth-order valence-electron chi connectivity index (χ4n) is 2.66. The van der Waals surface area contributed by atoms with E-state index in [1.165, 1.54) is 0 Å². The molecule has 3 amide bonds. The molecule has 0 spiro atoms. The maximum Gasteiger partial charge on any atom is 0.319 e. The van der Waals surface area contributed by atoms with Gasteiger partial charge in [-0.2, -0.15) is 0 Å². The highest BCUT2D eigenvalue weighted by Gasteiger charge is 2.39. The summed E-state index contributed by atoms with van der Waals surface area (Å²) in [6, 6.07) is 5.43. The molecule has 1 aliphatic heterocycles. The summed E-state index contributed by atoms with van der Waals surface area (Å²) in [5.41, 5.74) is 1.49. The van der Waals surface area contributed by atoms with Gasteiger partial charge in [-0.3, -0.25) is 4.79 Å². The van der Waals surface area contributed by atoms with Crippen molar-refractivity contribution in [3.05, 3.63) is 28.8 Å². The van der Waals surface area contributed by atoms with Crippen molar-refractivity contribution in [2.75, 3.05) is 11.9 Å². The van der Waals surface area contributed by atoms with Crippen LogP contribution in [-0.2, 0) is 4.79 Å². The van der Waals surface area contributed by atoms with Gasteiger partial charge >= 0.3 is 6.03 Å². The molecule has 1 aromatic carbocycles. The van der Waals surface area contributed by atoms with Crippen LogP contribution in [0.15, 0.2) is 18.2 Å². The fourth-order valence-corrected chi connectivity index (χ4v) is 2.83. The van der Waals surface area contributed by atoms with Gasteiger partial charge in [-0.15, -0.1) is 0 Å². The standard InChI is InChI=1S/C15H18ClN3O2/c1-9-3-2-4-12(14(9)16)18-15(21)17-10-7-13(20)19(8-10)11-5-6-11/h2-4,10-11H,5-8H2,1H3,(H2,17,18,21). The van der Waals surface area contributed by atoms with E-state index < -0.39 is 0 Å². The Bertz CT molecular complexity index is 586. The van der Waals surface area contributed by atoms with Gasteiger partial charge in [-0.05, 0) is 31.4 Å². The second-order valence-electron chi connectivity index (χ2n) is 5.71. The van der Waals surface area contributed by atoms with Crippen molar-refractivity contribution in [2.45, 2.75) is 38.3 Å². The normalized spacial score (nSPS) is 21.5. The third kappa shape index (κ3) is 3.13. The van der Waals surface area contributed by atoms with Crippen LogP contribution in [0.1, 0.15) is 24.8 Å². The number of nitrogens with zero attached hydrogens (tertiary/aromatic N) is 1. The van der Waals surface area contributed by atoms with Crippen LogP contribution in [0.4, 0.5) is 10.5 Å². The minimum Gasteiger partial charge on any atom is -0.338 e. The molecule has 2 aliphatic rings. The maximum absolute atomic E-state index is 12.0. The van der Waals surface area contributed by atoms with Gasteiger partial charge in [-0.25, -0.2) is 4.79 Å². The van der Waals surface area contributed by atoms with Crippen molar-refractivity contribution in [3.8, 4) is 0 Å². The van der Waals surface area contributed by atoms with Crippen molar-refractivity contribution >= 4 is 29.2 Å². The number of carbonyl (C=O) groups is 2. The molecule has 1 unspecified atom stereocenters. The molecule has 5 nitrogen and oxygen atoms in total. The molecule has 0 aromatic heterocycles. The lowest BCUT2D eigenvalue weighted by Crippen LogP contribution is -2.40. The molecule has 2 fully saturated rings. The summed E-state index contributed by atoms with van der Waals surface area (Å²) in [6.45, 7) is 2.49. The van der Waals surface area contributed by atoms with E-state index >= 15 is 0 Å². The Hall–Kier alpha value is -1.75. The van der Waals surface area contributed by atoms with Crippen LogP contribution in [0.25, 0.3) is 0 Å². The van der Waals surface area contributed by atoms with E-state index in [1.54, 1.807) is 6.07 Å². The van der Waals surface area contributed by atoms with Crippen molar-refractivity contribution in [1.29, 1.82) is 0 Å². The first kappa shape index (κ1) is 14.2. The van der Waals surface area contributed by atoms with E-state index in [9.17, 15) is 9.59 Å². The van der Waals surface area contributed by atoms with Gasteiger partial charge in [0, 0.05) is 19.0 Å². The van der Waals surface area contributed by atoms with Gasteiger partial charge in [-0.1, -0.05) is 23.7 Å². The number of carbonyl (C=O) groups excluding carboxylic acids is 2. The summed E-state index contributed by atoms with van der Waals surface area (Å²) in [6.07, 6.45) is 2.55. The van der Waals surface area contributed by atoms with Crippen molar-refractivity contribution in [1.82, 2.24) is 10.2 Å². The topological polar surface area (TPSA) is 61.4 Å². The summed E-state index contributed by atoms with van der Waals surface area (Å²) in [7, 11) is 0. The van der Waals surface area contributed by atoms with Gasteiger partial charge in [0.25, 0.3) is 0 Å². The number of likely N-dealkylation sites (tertiary alicyclic amines) is 1. The average Bonchev–Trinajstić information content (AvgIpc) is 3.20. The van der Waals surface area contributed by atoms with Crippen LogP contribution in [-0.4, -0.2) is 35.5 Å². The zero-order valence-corrected chi connectivity index (χ0v) is 12.6. The smallest absolute Gasteiger partial charge is 0.319 e. The molecule has 1 saturated heterocycles. The van der Waals surface area contributed by atoms with E-state index in [1.807, 2.05) is 24.0 Å². The lowest BCUT2D eigenvalue weighted by molar-refractivity contribution is -0.128. The van der Waals surface area contributed by atoms with Gasteiger partial charge < -0.3 is 15.5 Å². The van der Waals surface area contributed by atoms with Crippen molar-refractivity contribution < 1.29 is 9.59 Å². The molecule has 1 aliphatic carbocycles. The van der Waals surface area contributed by atoms with Gasteiger partial charge in [0.2, 0.25) is 5.91 Å². The van der Waals surface area contributed by atoms with Gasteiger partial charge in [0.15, 0.2) is 0 Å². The molecular weight excluding hydrogens is 290 g/mol. The first-order valence-electron chi connectivity index (χ1n) is 7.16. The molecule has 3 rings (SSSR count). The number of hydrogen-bond acceptors (Lipinski definition) is 2. The fraction of sp³-hybridized carbons (Fsp3) is 0.467. The second kappa shape index (κ2) is 5.56. The Morgan fingerprint density at radius 3 is 2.86 bits per heavy atom. The number of rotatable bonds is 3. The predicted molar refractivity (Wildman–Crippen MR) is 81.5 cm³/mol. The molecule has 1 atom stereocenters. The Balaban J connectivity index is 1.57. The van der Waals surface area contributed by atoms with E-state index in [-0.39, 0.29) is 18.0 Å². The van der Waals surface area contributed by atoms with E-state index in [0.29, 0.717) is 29.7 Å². The van der Waals surface area contributed by atoms with Crippen molar-refractivity contribution in [2.24, 2.45) is 0 Å². The number of urea groups is 1. The van der Waals surface area contributed by atoms with E-state index in [4.69, 9.17) is 11.6 Å². The second-order valence-corrected chi connectivity index (χ2v) is 6.09. The highest BCUT2D eigenvalue weighted by atomic mass is 35.5. The zero-order chi connectivity index (χ0) is 15.0. The lowest BCUT2D eigenvalue weighted by Gasteiger charge is -2.16. The number of halogens is 1. The van der Waals surface area contributed by atoms with Crippen molar-refractivity contribution in [3.63, 3.8) is 0 Å². The highest BCUT2D eigenvalue weighted by molar-refractivity contribution is 6.34. The van der Waals surface area contributed by atoms with Crippen LogP contribution in [0.3, 0.4) is 0 Å². The Morgan fingerprint density at radius 1 is 1.38 bits per heavy atom. The Kier molecular flexibility index (Phi) is 3.76. The molecule has 112 valence electrons. The monoisotopic (exact) mass is 307 g/mol. The van der Waals surface area contributed by atoms with Crippen LogP contribution < -0.4 is 10.6 Å². The summed E-state index contributed by atoms with van der Waals surface area (Å²) >= 11 is 6.15. The lowest BCUT2D eigenvalue weighted by atomic mass is 10.2. The molecule has 1 saturated carbocycles. The number of benzene rings is 1. The Morgan fingerprint density at radius 2 is 2.14 bits per heavy atom. The van der Waals surface area contributed by atoms with Gasteiger partial charge in [0.05, 0.1) is 16.8 Å². The highest BCUT2D eigenvalue weighted by Crippen LogP contribution is 2.30. The van der Waals surface area contributed by atoms with Crippen LogP contribution in [0, 0.1) is 6.92 Å². The van der Waals surface area contributed by atoms with Crippen LogP contribution in [0.5, 0.6) is 0 Å². The first-order valence-corrected chi connectivity index (χ1v) is 7.54. The molecule has 0 radical (unpaired) electrons. The quantitative estimate of drug-likeness (QED) is 0.901. The molecule has 6 heteroatoms. The largest absolute Gasteiger partial charge is 0.338 e. The van der Waals surface area contributed by atoms with Gasteiger partial charge in [0.1, 0.15) is 0 Å². The number of amides is 3. The molecule has 0 bridgehead atoms. The average molecular weight is 308 g/mol.